The highest BCUT2D eigenvalue weighted by Crippen LogP contribution is 2.31. The number of morpholine rings is 1. The van der Waals surface area contributed by atoms with Crippen LogP contribution in [-0.4, -0.2) is 42.6 Å². The summed E-state index contributed by atoms with van der Waals surface area (Å²) >= 11 is 0. The van der Waals surface area contributed by atoms with Gasteiger partial charge in [-0.2, -0.15) is 0 Å². The predicted molar refractivity (Wildman–Crippen MR) is 75.6 cm³/mol. The summed E-state index contributed by atoms with van der Waals surface area (Å²) in [6, 6.07) is 9.53. The number of rotatable bonds is 3. The minimum absolute atomic E-state index is 0.0297. The molecule has 5 nitrogen and oxygen atoms in total. The Hall–Kier alpha value is -1.88. The van der Waals surface area contributed by atoms with Crippen LogP contribution >= 0.6 is 0 Å². The Kier molecular flexibility index (Phi) is 4.20. The van der Waals surface area contributed by atoms with E-state index in [9.17, 15) is 9.59 Å². The van der Waals surface area contributed by atoms with Crippen LogP contribution in [0.25, 0.3) is 0 Å². The van der Waals surface area contributed by atoms with E-state index in [1.54, 1.807) is 4.90 Å². The van der Waals surface area contributed by atoms with E-state index in [4.69, 9.17) is 9.47 Å². The number of piperidine rings is 1. The fourth-order valence-corrected chi connectivity index (χ4v) is 3.16. The standard InChI is InChI=1S/C16H19NO4/c18-8-13-6-14-10-20-11-15(7-13)17(14)16(19)21-9-12-4-2-1-3-5-12/h1-5,8,13-15H,6-7,9-11H2. The maximum Gasteiger partial charge on any atom is 0.410 e. The summed E-state index contributed by atoms with van der Waals surface area (Å²) in [5, 5.41) is 0. The zero-order valence-electron chi connectivity index (χ0n) is 11.8. The Labute approximate surface area is 123 Å². The molecule has 3 rings (SSSR count). The molecule has 2 saturated heterocycles. The lowest BCUT2D eigenvalue weighted by Gasteiger charge is -2.46. The van der Waals surface area contributed by atoms with Crippen molar-refractivity contribution in [1.82, 2.24) is 4.90 Å². The molecule has 0 aromatic heterocycles. The number of amides is 1. The van der Waals surface area contributed by atoms with Crippen molar-refractivity contribution < 1.29 is 19.1 Å². The van der Waals surface area contributed by atoms with Crippen LogP contribution in [0, 0.1) is 5.92 Å². The molecule has 2 bridgehead atoms. The van der Waals surface area contributed by atoms with Crippen molar-refractivity contribution in [3.63, 3.8) is 0 Å². The Morgan fingerprint density at radius 3 is 2.52 bits per heavy atom. The molecule has 2 heterocycles. The zero-order chi connectivity index (χ0) is 14.7. The molecule has 2 atom stereocenters. The van der Waals surface area contributed by atoms with Gasteiger partial charge in [0.05, 0.1) is 25.3 Å². The third kappa shape index (κ3) is 3.08. The molecule has 1 aromatic carbocycles. The molecule has 5 heteroatoms. The molecule has 0 saturated carbocycles. The summed E-state index contributed by atoms with van der Waals surface area (Å²) in [7, 11) is 0. The van der Waals surface area contributed by atoms with Crippen molar-refractivity contribution in [2.45, 2.75) is 31.5 Å². The van der Waals surface area contributed by atoms with Gasteiger partial charge in [0.25, 0.3) is 0 Å². The van der Waals surface area contributed by atoms with Gasteiger partial charge in [0, 0.05) is 5.92 Å². The van der Waals surface area contributed by atoms with Gasteiger partial charge in [-0.05, 0) is 18.4 Å². The first kappa shape index (κ1) is 14.1. The Bertz CT molecular complexity index is 490. The van der Waals surface area contributed by atoms with Gasteiger partial charge in [-0.3, -0.25) is 4.90 Å². The molecular weight excluding hydrogens is 270 g/mol. The predicted octanol–water partition coefficient (Wildman–Crippen LogP) is 2.00. The highest BCUT2D eigenvalue weighted by Gasteiger charge is 2.42. The lowest BCUT2D eigenvalue weighted by atomic mass is 9.86. The molecular formula is C16H19NO4. The molecule has 0 aliphatic carbocycles. The number of aldehydes is 1. The number of carbonyl (C=O) groups excluding carboxylic acids is 2. The van der Waals surface area contributed by atoms with Gasteiger partial charge in [-0.25, -0.2) is 4.79 Å². The van der Waals surface area contributed by atoms with Crippen molar-refractivity contribution in [2.24, 2.45) is 5.92 Å². The van der Waals surface area contributed by atoms with E-state index >= 15 is 0 Å². The quantitative estimate of drug-likeness (QED) is 0.799. The first-order valence-electron chi connectivity index (χ1n) is 7.30. The first-order chi connectivity index (χ1) is 10.3. The summed E-state index contributed by atoms with van der Waals surface area (Å²) < 4.78 is 10.9. The monoisotopic (exact) mass is 289 g/mol. The maximum absolute atomic E-state index is 12.3. The second kappa shape index (κ2) is 6.26. The smallest absolute Gasteiger partial charge is 0.410 e. The van der Waals surface area contributed by atoms with Gasteiger partial charge >= 0.3 is 6.09 Å². The van der Waals surface area contributed by atoms with Crippen LogP contribution in [0.4, 0.5) is 4.79 Å². The molecule has 2 aliphatic rings. The number of nitrogens with zero attached hydrogens (tertiary/aromatic N) is 1. The molecule has 2 aliphatic heterocycles. The molecule has 1 aromatic rings. The van der Waals surface area contributed by atoms with E-state index in [2.05, 4.69) is 0 Å². The van der Waals surface area contributed by atoms with Crippen molar-refractivity contribution >= 4 is 12.4 Å². The first-order valence-corrected chi connectivity index (χ1v) is 7.30. The molecule has 2 fully saturated rings. The molecule has 0 spiro atoms. The summed E-state index contributed by atoms with van der Waals surface area (Å²) in [5.41, 5.74) is 0.968. The number of fused-ring (bicyclic) bond motifs is 2. The van der Waals surface area contributed by atoms with Gasteiger partial charge in [0.2, 0.25) is 0 Å². The number of benzene rings is 1. The van der Waals surface area contributed by atoms with E-state index in [1.807, 2.05) is 30.3 Å². The average Bonchev–Trinajstić information content (AvgIpc) is 2.52. The maximum atomic E-state index is 12.3. The van der Waals surface area contributed by atoms with Crippen molar-refractivity contribution in [1.29, 1.82) is 0 Å². The van der Waals surface area contributed by atoms with E-state index in [-0.39, 0.29) is 30.7 Å². The van der Waals surface area contributed by atoms with Crippen LogP contribution in [0.1, 0.15) is 18.4 Å². The highest BCUT2D eigenvalue weighted by molar-refractivity contribution is 5.69. The minimum Gasteiger partial charge on any atom is -0.445 e. The number of carbonyl (C=O) groups is 2. The van der Waals surface area contributed by atoms with E-state index in [0.29, 0.717) is 26.1 Å². The molecule has 0 radical (unpaired) electrons. The lowest BCUT2D eigenvalue weighted by molar-refractivity contribution is -0.119. The minimum atomic E-state index is -0.304. The molecule has 112 valence electrons. The average molecular weight is 289 g/mol. The lowest BCUT2D eigenvalue weighted by Crippen LogP contribution is -2.59. The fraction of sp³-hybridized carbons (Fsp3) is 0.500. The van der Waals surface area contributed by atoms with Crippen LogP contribution in [0.3, 0.4) is 0 Å². The summed E-state index contributed by atoms with van der Waals surface area (Å²) in [4.78, 5) is 25.1. The van der Waals surface area contributed by atoms with Crippen LogP contribution in [0.2, 0.25) is 0 Å². The molecule has 0 N–H and O–H groups in total. The van der Waals surface area contributed by atoms with Crippen LogP contribution in [0.5, 0.6) is 0 Å². The molecule has 1 amide bonds. The third-order valence-electron chi connectivity index (χ3n) is 4.17. The van der Waals surface area contributed by atoms with Crippen LogP contribution < -0.4 is 0 Å². The number of hydrogen-bond acceptors (Lipinski definition) is 4. The summed E-state index contributed by atoms with van der Waals surface area (Å²) in [6.45, 7) is 1.25. The van der Waals surface area contributed by atoms with E-state index in [0.717, 1.165) is 11.8 Å². The van der Waals surface area contributed by atoms with Gasteiger partial charge in [-0.1, -0.05) is 30.3 Å². The topological polar surface area (TPSA) is 55.8 Å². The van der Waals surface area contributed by atoms with Gasteiger partial charge in [0.1, 0.15) is 12.9 Å². The second-order valence-electron chi connectivity index (χ2n) is 5.66. The Morgan fingerprint density at radius 2 is 1.90 bits per heavy atom. The highest BCUT2D eigenvalue weighted by atomic mass is 16.6. The largest absolute Gasteiger partial charge is 0.445 e. The van der Waals surface area contributed by atoms with Crippen molar-refractivity contribution in [2.75, 3.05) is 13.2 Å². The van der Waals surface area contributed by atoms with E-state index < -0.39 is 0 Å². The summed E-state index contributed by atoms with van der Waals surface area (Å²) in [5.74, 6) is 0.0297. The van der Waals surface area contributed by atoms with Gasteiger partial charge in [0.15, 0.2) is 0 Å². The SMILES string of the molecule is O=CC1CC2COCC(C1)N2C(=O)OCc1ccccc1. The van der Waals surface area contributed by atoms with Crippen molar-refractivity contribution in [3.8, 4) is 0 Å². The normalized spacial score (nSPS) is 28.0. The second-order valence-corrected chi connectivity index (χ2v) is 5.66. The van der Waals surface area contributed by atoms with Crippen LogP contribution in [-0.2, 0) is 20.9 Å². The molecule has 21 heavy (non-hydrogen) atoms. The Balaban J connectivity index is 1.63. The zero-order valence-corrected chi connectivity index (χ0v) is 11.8. The Morgan fingerprint density at radius 1 is 1.24 bits per heavy atom. The van der Waals surface area contributed by atoms with E-state index in [1.165, 1.54) is 0 Å². The summed E-state index contributed by atoms with van der Waals surface area (Å²) in [6.07, 6.45) is 2.03. The van der Waals surface area contributed by atoms with Crippen LogP contribution in [0.15, 0.2) is 30.3 Å². The van der Waals surface area contributed by atoms with Gasteiger partial charge < -0.3 is 14.3 Å². The van der Waals surface area contributed by atoms with Crippen molar-refractivity contribution in [3.05, 3.63) is 35.9 Å². The fourth-order valence-electron chi connectivity index (χ4n) is 3.16. The van der Waals surface area contributed by atoms with Gasteiger partial charge in [-0.15, -0.1) is 0 Å². The third-order valence-corrected chi connectivity index (χ3v) is 4.17. The number of hydrogen-bond donors (Lipinski definition) is 0. The number of ether oxygens (including phenoxy) is 2. The molecule has 2 unspecified atom stereocenters.